The lowest BCUT2D eigenvalue weighted by atomic mass is 10.0. The number of carboxylic acid groups (broad SMARTS) is 3. The van der Waals surface area contributed by atoms with Crippen LogP contribution in [0.4, 0.5) is 0 Å². The first kappa shape index (κ1) is 44.7. The largest absolute Gasteiger partial charge is 0.489 e. The van der Waals surface area contributed by atoms with Crippen LogP contribution in [0.25, 0.3) is 90.9 Å². The first-order valence-electron chi connectivity index (χ1n) is 21.1. The number of aliphatic carboxylic acids is 3. The number of carbonyl (C=O) groups is 3. The normalized spacial score (nSPS) is 11.7. The summed E-state index contributed by atoms with van der Waals surface area (Å²) in [4.78, 5) is 52.5. The van der Waals surface area contributed by atoms with Crippen LogP contribution in [0.1, 0.15) is 22.8 Å². The van der Waals surface area contributed by atoms with Gasteiger partial charge in [0, 0.05) is 44.3 Å². The van der Waals surface area contributed by atoms with E-state index in [1.165, 1.54) is 0 Å². The number of nitrogens with one attached hydrogen (secondary N) is 2. The first-order chi connectivity index (χ1) is 33.1. The first-order valence-corrected chi connectivity index (χ1v) is 22.3. The van der Waals surface area contributed by atoms with Crippen molar-refractivity contribution >= 4 is 86.9 Å². The predicted octanol–water partition coefficient (Wildman–Crippen LogP) is 11.0. The molecule has 3 aromatic heterocycles. The predicted molar refractivity (Wildman–Crippen MR) is 269 cm³/mol. The van der Waals surface area contributed by atoms with Gasteiger partial charge in [-0.2, -0.15) is 0 Å². The van der Waals surface area contributed by atoms with Crippen LogP contribution in [-0.2, 0) is 14.4 Å². The molecule has 0 saturated carbocycles. The van der Waals surface area contributed by atoms with E-state index in [0.717, 1.165) is 16.6 Å². The van der Waals surface area contributed by atoms with Crippen molar-refractivity contribution in [1.82, 2.24) is 19.9 Å². The topological polar surface area (TPSA) is 206 Å². The highest BCUT2D eigenvalue weighted by molar-refractivity contribution is 14.1. The van der Waals surface area contributed by atoms with Gasteiger partial charge in [-0.1, -0.05) is 71.1 Å². The van der Waals surface area contributed by atoms with Crippen molar-refractivity contribution in [3.05, 3.63) is 154 Å². The molecule has 2 aliphatic heterocycles. The number of aromatic nitrogens is 4. The van der Waals surface area contributed by atoms with E-state index in [-0.39, 0.29) is 0 Å². The van der Waals surface area contributed by atoms with E-state index in [0.29, 0.717) is 102 Å². The zero-order chi connectivity index (χ0) is 47.1. The summed E-state index contributed by atoms with van der Waals surface area (Å²) in [5.41, 5.74) is 10.8. The van der Waals surface area contributed by atoms with Gasteiger partial charge in [-0.05, 0) is 130 Å². The molecule has 0 aliphatic carbocycles. The minimum atomic E-state index is -1.12. The zero-order valence-electron chi connectivity index (χ0n) is 35.8. The number of aromatic amines is 2. The van der Waals surface area contributed by atoms with Gasteiger partial charge < -0.3 is 44.2 Å². The quantitative estimate of drug-likeness (QED) is 0.0573. The van der Waals surface area contributed by atoms with Crippen LogP contribution in [0.15, 0.2) is 131 Å². The van der Waals surface area contributed by atoms with Crippen molar-refractivity contribution in [3.8, 4) is 67.5 Å². The number of carboxylic acids is 3. The fourth-order valence-electron chi connectivity index (χ4n) is 8.00. The molecule has 2 aliphatic rings. The summed E-state index contributed by atoms with van der Waals surface area (Å²) in [6.07, 6.45) is 9.60. The smallest absolute Gasteiger partial charge is 0.341 e. The third kappa shape index (κ3) is 10.0. The van der Waals surface area contributed by atoms with Crippen molar-refractivity contribution in [2.75, 3.05) is 26.4 Å². The van der Waals surface area contributed by atoms with Crippen LogP contribution in [0.3, 0.4) is 0 Å². The number of hydrogen-bond donors (Lipinski definition) is 5. The lowest BCUT2D eigenvalue weighted by molar-refractivity contribution is -0.140. The summed E-state index contributed by atoms with van der Waals surface area (Å²) >= 11 is 2.15. The molecule has 0 spiro atoms. The minimum absolute atomic E-state index is 0.341. The van der Waals surface area contributed by atoms with Crippen LogP contribution in [0.5, 0.6) is 23.0 Å². The fraction of sp³-hybridized carbons (Fsp3) is 0.0755. The molecule has 0 saturated heterocycles. The lowest BCUT2D eigenvalue weighted by Crippen LogP contribution is -2.09. The Morgan fingerprint density at radius 1 is 0.456 bits per heavy atom. The van der Waals surface area contributed by atoms with Gasteiger partial charge in [0.05, 0.1) is 22.8 Å². The van der Waals surface area contributed by atoms with E-state index in [2.05, 4.69) is 32.6 Å². The number of ether oxygens (including phenoxy) is 4. The average molecular weight is 1010 g/mol. The maximum absolute atomic E-state index is 11.5. The van der Waals surface area contributed by atoms with Gasteiger partial charge in [0.2, 0.25) is 0 Å². The maximum Gasteiger partial charge on any atom is 0.341 e. The molecular formula is C53H39IN4O10. The van der Waals surface area contributed by atoms with Gasteiger partial charge in [-0.3, -0.25) is 0 Å². The van der Waals surface area contributed by atoms with E-state index >= 15 is 0 Å². The molecule has 14 nitrogen and oxygen atoms in total. The summed E-state index contributed by atoms with van der Waals surface area (Å²) in [5.74, 6) is -1.62. The Bertz CT molecular complexity index is 3330. The monoisotopic (exact) mass is 1010 g/mol. The van der Waals surface area contributed by atoms with Crippen molar-refractivity contribution in [1.29, 1.82) is 0 Å². The minimum Gasteiger partial charge on any atom is -0.489 e. The third-order valence-corrected chi connectivity index (χ3v) is 11.3. The van der Waals surface area contributed by atoms with Gasteiger partial charge in [-0.15, -0.1) is 0 Å². The van der Waals surface area contributed by atoms with E-state index in [1.54, 1.807) is 54.6 Å². The van der Waals surface area contributed by atoms with Crippen LogP contribution in [-0.4, -0.2) is 79.6 Å². The van der Waals surface area contributed by atoms with Gasteiger partial charge >= 0.3 is 17.9 Å². The molecule has 0 atom stereocenters. The Morgan fingerprint density at radius 2 is 0.750 bits per heavy atom. The number of fused-ring (bicyclic) bond motifs is 8. The Balaban J connectivity index is 1.39. The van der Waals surface area contributed by atoms with E-state index in [1.807, 2.05) is 101 Å². The Hall–Kier alpha value is -8.44. The molecule has 5 heterocycles. The molecule has 0 unspecified atom stereocenters. The van der Waals surface area contributed by atoms with Crippen molar-refractivity contribution in [3.63, 3.8) is 0 Å². The number of benzene rings is 4. The highest BCUT2D eigenvalue weighted by Gasteiger charge is 2.20. The van der Waals surface area contributed by atoms with Crippen LogP contribution < -0.4 is 18.9 Å². The second kappa shape index (κ2) is 20.0. The molecule has 15 heteroatoms. The average Bonchev–Trinajstić information content (AvgIpc) is 4.19. The Labute approximate surface area is 401 Å². The molecular weight excluding hydrogens is 976 g/mol. The molecule has 0 radical (unpaired) electrons. The second-order valence-electron chi connectivity index (χ2n) is 15.3. The second-order valence-corrected chi connectivity index (χ2v) is 16.1. The molecule has 0 amide bonds. The van der Waals surface area contributed by atoms with E-state index in [4.69, 9.17) is 28.9 Å². The van der Waals surface area contributed by atoms with Gasteiger partial charge in [0.15, 0.2) is 19.8 Å². The van der Waals surface area contributed by atoms with Gasteiger partial charge in [-0.25, -0.2) is 24.4 Å². The number of hydrogen-bond acceptors (Lipinski definition) is 9. The fourth-order valence-corrected chi connectivity index (χ4v) is 8.21. The lowest BCUT2D eigenvalue weighted by Gasteiger charge is -2.10. The molecule has 9 rings (SSSR count). The van der Waals surface area contributed by atoms with Crippen molar-refractivity contribution in [2.24, 2.45) is 0 Å². The summed E-state index contributed by atoms with van der Waals surface area (Å²) in [5, 5.41) is 28.3. The van der Waals surface area contributed by atoms with Crippen molar-refractivity contribution < 1.29 is 48.7 Å². The summed E-state index contributed by atoms with van der Waals surface area (Å²) in [6.45, 7) is -1.21. The highest BCUT2D eigenvalue weighted by atomic mass is 123. The molecule has 7 aromatic rings. The summed E-state index contributed by atoms with van der Waals surface area (Å²) in [7, 11) is 0. The molecule has 8 bridgehead atoms. The highest BCUT2D eigenvalue weighted by Crippen LogP contribution is 2.40. The number of H-pyrrole nitrogens is 2. The number of halogens is 1. The molecule has 5 N–H and O–H groups in total. The van der Waals surface area contributed by atoms with Crippen LogP contribution >= 0.6 is 22.6 Å². The van der Waals surface area contributed by atoms with Crippen molar-refractivity contribution in [2.45, 2.75) is 0 Å². The van der Waals surface area contributed by atoms with Crippen LogP contribution in [0.2, 0.25) is 0 Å². The van der Waals surface area contributed by atoms with E-state index in [9.17, 15) is 29.7 Å². The Kier molecular flexibility index (Phi) is 13.1. The SMILES string of the molecule is O=C(O)COc1cccc(-c2c3nc(c(-c4cccc(OCC(=O)O)c4)c4ccc([nH]4)c(-c4cccc(OCC(=O)O)c4)c4nc(c(-c5cccc(OC/C=C/[123I])c5)c5ccc2[nH]5)C=C4)C=C3)c1. The van der Waals surface area contributed by atoms with Gasteiger partial charge in [0.1, 0.15) is 29.6 Å². The van der Waals surface area contributed by atoms with Gasteiger partial charge in [0.25, 0.3) is 0 Å². The number of nitrogens with zero attached hydrogens (tertiary/aromatic N) is 2. The summed E-state index contributed by atoms with van der Waals surface area (Å²) < 4.78 is 24.9. The van der Waals surface area contributed by atoms with Crippen LogP contribution in [0, 0.1) is 0 Å². The van der Waals surface area contributed by atoms with E-state index < -0.39 is 37.7 Å². The maximum atomic E-state index is 11.5. The molecule has 4 aromatic carbocycles. The Morgan fingerprint density at radius 3 is 1.03 bits per heavy atom. The number of rotatable bonds is 16. The molecule has 68 heavy (non-hydrogen) atoms. The standard InChI is InChI=1S/C53H39IN4O10/c54-22-5-23-65-35-10-1-6-31(24-35)50-39-14-16-41(55-39)51(32-7-2-11-36(25-32)66-28-47(59)60)43-18-20-45(57-43)53(34-9-4-13-38(27-34)68-30-49(63)64)46-21-19-44(58-46)52(42-17-15-40(50)56-42)33-8-3-12-37(26-33)67-29-48(61)62/h1-22,24-27,55,58H,23,28-30H2,(H,59,60)(H,61,62)(H,63,64)/b22-5+,50-39?,50-40?,51-41?,51-43?,52-42?,52-44?,53-45?,53-46?/i54-4. The molecule has 338 valence electrons. The summed E-state index contributed by atoms with van der Waals surface area (Å²) in [6, 6.07) is 37.0. The third-order valence-electron chi connectivity index (χ3n) is 10.8. The zero-order valence-corrected chi connectivity index (χ0v) is 38.0. The molecule has 0 fully saturated rings.